The fourth-order valence-corrected chi connectivity index (χ4v) is 6.25. The molecule has 208 valence electrons. The summed E-state index contributed by atoms with van der Waals surface area (Å²) < 4.78 is 34.4. The lowest BCUT2D eigenvalue weighted by molar-refractivity contribution is -0.136. The van der Waals surface area contributed by atoms with Crippen LogP contribution in [0.4, 0.5) is 8.78 Å². The van der Waals surface area contributed by atoms with E-state index in [2.05, 4.69) is 16.5 Å². The number of nitrogens with zero attached hydrogens (tertiary/aromatic N) is 2. The third-order valence-corrected chi connectivity index (χ3v) is 8.55. The van der Waals surface area contributed by atoms with Crippen molar-refractivity contribution in [2.75, 3.05) is 20.2 Å². The number of carbonyl (C=O) groups excluding carboxylic acids is 2. The number of carbonyl (C=O) groups is 2. The van der Waals surface area contributed by atoms with Crippen LogP contribution in [0.15, 0.2) is 35.1 Å². The number of benzene rings is 1. The summed E-state index contributed by atoms with van der Waals surface area (Å²) in [7, 11) is 1.51. The molecule has 2 fully saturated rings. The van der Waals surface area contributed by atoms with Crippen molar-refractivity contribution in [3.63, 3.8) is 0 Å². The molecule has 1 saturated carbocycles. The molecule has 2 aliphatic rings. The highest BCUT2D eigenvalue weighted by atomic mass is 19.3. The standard InChI is InChI=1S/C30H35F2N3O4/c1-17-15-26(39-4)22(28(37)33-17)9-10-25(36)27-19(3)35(24-8-6-5-7-21(24)27)18(2)20-11-13-34(14-12-20)29(38)23-16-30(23,31)32/h5-8,15,18,20,23H,9-14,16H2,1-4H3,(H,33,37)/t18-,23?/m1/s1. The lowest BCUT2D eigenvalue weighted by Crippen LogP contribution is -2.41. The van der Waals surface area contributed by atoms with Crippen molar-refractivity contribution in [2.24, 2.45) is 11.8 Å². The third-order valence-electron chi connectivity index (χ3n) is 8.55. The number of aromatic nitrogens is 2. The number of piperidine rings is 1. The molecule has 0 radical (unpaired) electrons. The van der Waals surface area contributed by atoms with E-state index in [9.17, 15) is 23.2 Å². The van der Waals surface area contributed by atoms with Crippen molar-refractivity contribution in [2.45, 2.75) is 64.8 Å². The number of Topliss-reactive ketones (excluding diaryl/α,β-unsaturated/α-hetero) is 1. The lowest BCUT2D eigenvalue weighted by atomic mass is 9.89. The average molecular weight is 540 g/mol. The summed E-state index contributed by atoms with van der Waals surface area (Å²) in [5, 5.41) is 0.875. The molecule has 1 aliphatic heterocycles. The zero-order valence-electron chi connectivity index (χ0n) is 22.9. The molecule has 3 aromatic rings. The zero-order valence-corrected chi connectivity index (χ0v) is 22.9. The van der Waals surface area contributed by atoms with Gasteiger partial charge in [-0.3, -0.25) is 14.4 Å². The van der Waals surface area contributed by atoms with Gasteiger partial charge in [0.25, 0.3) is 11.5 Å². The highest BCUT2D eigenvalue weighted by Crippen LogP contribution is 2.50. The number of hydrogen-bond donors (Lipinski definition) is 1. The van der Waals surface area contributed by atoms with Crippen LogP contribution >= 0.6 is 0 Å². The van der Waals surface area contributed by atoms with Gasteiger partial charge >= 0.3 is 0 Å². The summed E-state index contributed by atoms with van der Waals surface area (Å²) in [4.78, 5) is 43.0. The van der Waals surface area contributed by atoms with Crippen LogP contribution in [-0.4, -0.2) is 52.3 Å². The number of para-hydroxylation sites is 1. The summed E-state index contributed by atoms with van der Waals surface area (Å²) in [6.45, 7) is 6.80. The topological polar surface area (TPSA) is 84.4 Å². The molecule has 9 heteroatoms. The van der Waals surface area contributed by atoms with E-state index in [1.54, 1.807) is 17.9 Å². The third kappa shape index (κ3) is 4.99. The van der Waals surface area contributed by atoms with E-state index in [-0.39, 0.29) is 42.6 Å². The van der Waals surface area contributed by atoms with Crippen molar-refractivity contribution in [3.05, 3.63) is 63.2 Å². The fourth-order valence-electron chi connectivity index (χ4n) is 6.25. The second kappa shape index (κ2) is 10.2. The van der Waals surface area contributed by atoms with Crippen molar-refractivity contribution < 1.29 is 23.1 Å². The molecule has 3 heterocycles. The molecule has 0 bridgehead atoms. The molecule has 1 saturated heterocycles. The maximum atomic E-state index is 13.6. The van der Waals surface area contributed by atoms with Gasteiger partial charge < -0.3 is 19.2 Å². The quantitative estimate of drug-likeness (QED) is 0.398. The van der Waals surface area contributed by atoms with Crippen molar-refractivity contribution >= 4 is 22.6 Å². The highest BCUT2D eigenvalue weighted by molar-refractivity contribution is 6.09. The van der Waals surface area contributed by atoms with Crippen molar-refractivity contribution in [3.8, 4) is 5.75 Å². The second-order valence-electron chi connectivity index (χ2n) is 11.0. The number of likely N-dealkylation sites (tertiary alicyclic amines) is 1. The Morgan fingerprint density at radius 2 is 1.85 bits per heavy atom. The molecule has 39 heavy (non-hydrogen) atoms. The SMILES string of the molecule is COc1cc(C)[nH]c(=O)c1CCC(=O)c1c(C)n([C@H](C)C2CCN(C(=O)C3CC3(F)F)CC2)c2ccccc12. The largest absolute Gasteiger partial charge is 0.496 e. The molecule has 1 aliphatic carbocycles. The first-order chi connectivity index (χ1) is 18.5. The van der Waals surface area contributed by atoms with Crippen LogP contribution in [0.5, 0.6) is 5.75 Å². The Balaban J connectivity index is 1.35. The predicted molar refractivity (Wildman–Crippen MR) is 145 cm³/mol. The first-order valence-corrected chi connectivity index (χ1v) is 13.6. The number of H-pyrrole nitrogens is 1. The maximum Gasteiger partial charge on any atom is 0.260 e. The Labute approximate surface area is 226 Å². The molecule has 5 rings (SSSR count). The number of ether oxygens (including phenoxy) is 1. The van der Waals surface area contributed by atoms with Gasteiger partial charge in [-0.2, -0.15) is 0 Å². The number of aryl methyl sites for hydroxylation is 1. The number of nitrogens with one attached hydrogen (secondary N) is 1. The molecular weight excluding hydrogens is 504 g/mol. The van der Waals surface area contributed by atoms with Gasteiger partial charge in [-0.05, 0) is 58.1 Å². The van der Waals surface area contributed by atoms with Crippen LogP contribution in [0.25, 0.3) is 10.9 Å². The van der Waals surface area contributed by atoms with Gasteiger partial charge in [0.1, 0.15) is 11.7 Å². The number of hydrogen-bond acceptors (Lipinski definition) is 4. The molecule has 2 atom stereocenters. The smallest absolute Gasteiger partial charge is 0.260 e. The minimum atomic E-state index is -2.84. The second-order valence-corrected chi connectivity index (χ2v) is 11.0. The normalized spacial score (nSPS) is 19.7. The average Bonchev–Trinajstić information content (AvgIpc) is 3.44. The summed E-state index contributed by atoms with van der Waals surface area (Å²) in [6.07, 6.45) is 1.53. The van der Waals surface area contributed by atoms with Crippen LogP contribution in [0.1, 0.15) is 66.0 Å². The van der Waals surface area contributed by atoms with Crippen LogP contribution in [0, 0.1) is 25.7 Å². The molecule has 2 aromatic heterocycles. The number of fused-ring (bicyclic) bond motifs is 1. The Kier molecular flexibility index (Phi) is 7.11. The number of aromatic amines is 1. The van der Waals surface area contributed by atoms with Gasteiger partial charge in [-0.15, -0.1) is 0 Å². The van der Waals surface area contributed by atoms with Gasteiger partial charge in [0, 0.05) is 59.8 Å². The van der Waals surface area contributed by atoms with Crippen LogP contribution < -0.4 is 10.3 Å². The Hall–Kier alpha value is -3.49. The van der Waals surface area contributed by atoms with E-state index >= 15 is 0 Å². The zero-order chi connectivity index (χ0) is 28.1. The van der Waals surface area contributed by atoms with Gasteiger partial charge in [0.05, 0.1) is 12.7 Å². The van der Waals surface area contributed by atoms with Crippen molar-refractivity contribution in [1.29, 1.82) is 0 Å². The number of amides is 1. The van der Waals surface area contributed by atoms with E-state index in [1.165, 1.54) is 7.11 Å². The highest BCUT2D eigenvalue weighted by Gasteiger charge is 2.62. The van der Waals surface area contributed by atoms with Crippen LogP contribution in [0.2, 0.25) is 0 Å². The number of rotatable bonds is 8. The van der Waals surface area contributed by atoms with Crippen LogP contribution in [0.3, 0.4) is 0 Å². The summed E-state index contributed by atoms with van der Waals surface area (Å²) in [5.74, 6) is -3.74. The minimum absolute atomic E-state index is 0.0394. The molecule has 1 amide bonds. The molecule has 1 unspecified atom stereocenters. The van der Waals surface area contributed by atoms with E-state index in [0.29, 0.717) is 35.7 Å². The maximum absolute atomic E-state index is 13.6. The molecular formula is C30H35F2N3O4. The predicted octanol–water partition coefficient (Wildman–Crippen LogP) is 5.23. The number of halogens is 2. The Morgan fingerprint density at radius 1 is 1.18 bits per heavy atom. The van der Waals surface area contributed by atoms with E-state index in [0.717, 1.165) is 29.4 Å². The van der Waals surface area contributed by atoms with Gasteiger partial charge in [0.15, 0.2) is 5.78 Å². The Bertz CT molecular complexity index is 1480. The summed E-state index contributed by atoms with van der Waals surface area (Å²) >= 11 is 0. The Morgan fingerprint density at radius 3 is 2.49 bits per heavy atom. The number of pyridine rings is 1. The summed E-state index contributed by atoms with van der Waals surface area (Å²) in [6, 6.07) is 9.64. The minimum Gasteiger partial charge on any atom is -0.496 e. The monoisotopic (exact) mass is 539 g/mol. The molecule has 7 nitrogen and oxygen atoms in total. The first-order valence-electron chi connectivity index (χ1n) is 13.6. The van der Waals surface area contributed by atoms with E-state index in [1.807, 2.05) is 31.2 Å². The summed E-state index contributed by atoms with van der Waals surface area (Å²) in [5.41, 5.74) is 3.39. The number of ketones is 1. The van der Waals surface area contributed by atoms with E-state index in [4.69, 9.17) is 4.74 Å². The molecule has 1 aromatic carbocycles. The van der Waals surface area contributed by atoms with Crippen LogP contribution in [-0.2, 0) is 11.2 Å². The molecule has 1 N–H and O–H groups in total. The van der Waals surface area contributed by atoms with Gasteiger partial charge in [-0.1, -0.05) is 18.2 Å². The van der Waals surface area contributed by atoms with Crippen molar-refractivity contribution in [1.82, 2.24) is 14.5 Å². The van der Waals surface area contributed by atoms with E-state index < -0.39 is 17.7 Å². The first kappa shape index (κ1) is 27.1. The lowest BCUT2D eigenvalue weighted by Gasteiger charge is -2.36. The number of alkyl halides is 2. The van der Waals surface area contributed by atoms with Gasteiger partial charge in [0.2, 0.25) is 5.91 Å². The van der Waals surface area contributed by atoms with Gasteiger partial charge in [-0.25, -0.2) is 8.78 Å². The molecule has 0 spiro atoms. The fraction of sp³-hybridized carbons (Fsp3) is 0.500. The number of methoxy groups -OCH3 is 1.